The predicted molar refractivity (Wildman–Crippen MR) is 86.0 cm³/mol. The number of hydrogen-bond donors (Lipinski definition) is 1. The van der Waals surface area contributed by atoms with Crippen LogP contribution in [0.4, 0.5) is 0 Å². The van der Waals surface area contributed by atoms with Crippen molar-refractivity contribution in [2.45, 2.75) is 44.6 Å². The second kappa shape index (κ2) is 9.26. The Bertz CT molecular complexity index is 490. The smallest absolute Gasteiger partial charge is 0.303 e. The Hall–Kier alpha value is -1.81. The summed E-state index contributed by atoms with van der Waals surface area (Å²) in [4.78, 5) is 10.4. The van der Waals surface area contributed by atoms with Crippen molar-refractivity contribution in [3.8, 4) is 5.75 Å². The van der Waals surface area contributed by atoms with E-state index >= 15 is 0 Å². The molecule has 4 heteroatoms. The first-order valence-electron chi connectivity index (χ1n) is 7.97. The summed E-state index contributed by atoms with van der Waals surface area (Å²) in [6.07, 6.45) is 9.32. The molecule has 0 bridgehead atoms. The highest BCUT2D eigenvalue weighted by Gasteiger charge is 2.14. The van der Waals surface area contributed by atoms with Crippen LogP contribution in [0.1, 0.15) is 44.1 Å². The summed E-state index contributed by atoms with van der Waals surface area (Å²) in [6.45, 7) is 1.44. The van der Waals surface area contributed by atoms with Gasteiger partial charge in [-0.2, -0.15) is 0 Å². The Kier molecular flexibility index (Phi) is 6.97. The summed E-state index contributed by atoms with van der Waals surface area (Å²) in [5.74, 6) is 0.107. The summed E-state index contributed by atoms with van der Waals surface area (Å²) >= 11 is 0. The van der Waals surface area contributed by atoms with Gasteiger partial charge >= 0.3 is 5.97 Å². The largest absolute Gasteiger partial charge is 0.491 e. The van der Waals surface area contributed by atoms with E-state index in [0.717, 1.165) is 37.2 Å². The molecule has 1 fully saturated rings. The van der Waals surface area contributed by atoms with Gasteiger partial charge in [0.15, 0.2) is 0 Å². The van der Waals surface area contributed by atoms with Crippen molar-refractivity contribution >= 4 is 12.0 Å². The fraction of sp³-hybridized carbons (Fsp3) is 0.500. The lowest BCUT2D eigenvalue weighted by atomic mass is 10.1. The molecule has 1 atom stereocenters. The topological polar surface area (TPSA) is 55.8 Å². The standard InChI is InChI=1S/C18H24O4/c19-18(20)11-3-1-2-7-15-8-6-10-16(13-15)22-14-17-9-4-5-12-21-17/h2,6-8,10,13,17H,1,3-5,9,11-12,14H2,(H,19,20). The molecule has 1 unspecified atom stereocenters. The molecule has 1 aliphatic rings. The van der Waals surface area contributed by atoms with Crippen molar-refractivity contribution in [2.24, 2.45) is 0 Å². The van der Waals surface area contributed by atoms with E-state index in [1.54, 1.807) is 0 Å². The van der Waals surface area contributed by atoms with E-state index in [1.165, 1.54) is 6.42 Å². The van der Waals surface area contributed by atoms with Crippen LogP contribution in [-0.4, -0.2) is 30.4 Å². The highest BCUT2D eigenvalue weighted by molar-refractivity contribution is 5.66. The third-order valence-corrected chi connectivity index (χ3v) is 3.64. The number of unbranched alkanes of at least 4 members (excludes halogenated alkanes) is 1. The van der Waals surface area contributed by atoms with E-state index in [2.05, 4.69) is 0 Å². The molecule has 1 saturated heterocycles. The molecule has 22 heavy (non-hydrogen) atoms. The minimum Gasteiger partial charge on any atom is -0.491 e. The summed E-state index contributed by atoms with van der Waals surface area (Å²) in [5, 5.41) is 8.58. The number of carbonyl (C=O) groups is 1. The SMILES string of the molecule is O=C(O)CCCC=Cc1cccc(OCC2CCCCO2)c1. The van der Waals surface area contributed by atoms with Gasteiger partial charge in [0.1, 0.15) is 12.4 Å². The molecule has 0 aliphatic carbocycles. The summed E-state index contributed by atoms with van der Waals surface area (Å²) in [7, 11) is 0. The molecule has 0 spiro atoms. The van der Waals surface area contributed by atoms with Crippen molar-refractivity contribution in [1.29, 1.82) is 0 Å². The first-order valence-corrected chi connectivity index (χ1v) is 7.97. The van der Waals surface area contributed by atoms with Crippen molar-refractivity contribution in [1.82, 2.24) is 0 Å². The minimum absolute atomic E-state index is 0.212. The number of allylic oxidation sites excluding steroid dienone is 1. The van der Waals surface area contributed by atoms with Crippen LogP contribution in [0.5, 0.6) is 5.75 Å². The predicted octanol–water partition coefficient (Wildman–Crippen LogP) is 3.90. The molecule has 0 amide bonds. The van der Waals surface area contributed by atoms with E-state index in [4.69, 9.17) is 14.6 Å². The quantitative estimate of drug-likeness (QED) is 0.740. The van der Waals surface area contributed by atoms with Crippen molar-refractivity contribution in [3.63, 3.8) is 0 Å². The number of carboxylic acid groups (broad SMARTS) is 1. The summed E-state index contributed by atoms with van der Waals surface area (Å²) in [6, 6.07) is 7.92. The van der Waals surface area contributed by atoms with E-state index in [0.29, 0.717) is 13.0 Å². The van der Waals surface area contributed by atoms with Gasteiger partial charge in [-0.1, -0.05) is 24.3 Å². The number of benzene rings is 1. The zero-order chi connectivity index (χ0) is 15.6. The molecule has 120 valence electrons. The fourth-order valence-corrected chi connectivity index (χ4v) is 2.43. The number of ether oxygens (including phenoxy) is 2. The lowest BCUT2D eigenvalue weighted by Gasteiger charge is -2.22. The van der Waals surface area contributed by atoms with Crippen LogP contribution in [0.15, 0.2) is 30.3 Å². The molecule has 1 aromatic carbocycles. The van der Waals surface area contributed by atoms with Gasteiger partial charge in [0.05, 0.1) is 6.10 Å². The molecule has 0 radical (unpaired) electrons. The number of rotatable bonds is 8. The van der Waals surface area contributed by atoms with Crippen LogP contribution >= 0.6 is 0 Å². The molecule has 4 nitrogen and oxygen atoms in total. The molecule has 1 heterocycles. The van der Waals surface area contributed by atoms with E-state index in [-0.39, 0.29) is 12.5 Å². The van der Waals surface area contributed by atoms with E-state index in [1.807, 2.05) is 36.4 Å². The third-order valence-electron chi connectivity index (χ3n) is 3.64. The molecule has 1 aromatic rings. The van der Waals surface area contributed by atoms with Gasteiger partial charge < -0.3 is 14.6 Å². The number of carboxylic acids is 1. The van der Waals surface area contributed by atoms with Gasteiger partial charge in [-0.3, -0.25) is 4.79 Å². The summed E-state index contributed by atoms with van der Waals surface area (Å²) in [5.41, 5.74) is 1.07. The Morgan fingerprint density at radius 2 is 2.32 bits per heavy atom. The van der Waals surface area contributed by atoms with Gasteiger partial charge in [0, 0.05) is 13.0 Å². The Morgan fingerprint density at radius 3 is 3.09 bits per heavy atom. The molecule has 0 saturated carbocycles. The van der Waals surface area contributed by atoms with Gasteiger partial charge in [-0.15, -0.1) is 0 Å². The minimum atomic E-state index is -0.742. The Labute approximate surface area is 131 Å². The Morgan fingerprint density at radius 1 is 1.41 bits per heavy atom. The van der Waals surface area contributed by atoms with Crippen LogP contribution in [-0.2, 0) is 9.53 Å². The number of hydrogen-bond acceptors (Lipinski definition) is 3. The van der Waals surface area contributed by atoms with E-state index in [9.17, 15) is 4.79 Å². The summed E-state index contributed by atoms with van der Waals surface area (Å²) < 4.78 is 11.5. The molecule has 1 aliphatic heterocycles. The lowest BCUT2D eigenvalue weighted by molar-refractivity contribution is -0.137. The maximum absolute atomic E-state index is 10.4. The first kappa shape index (κ1) is 16.6. The van der Waals surface area contributed by atoms with Gasteiger partial charge in [0.2, 0.25) is 0 Å². The van der Waals surface area contributed by atoms with Crippen LogP contribution in [0.3, 0.4) is 0 Å². The highest BCUT2D eigenvalue weighted by atomic mass is 16.5. The third kappa shape index (κ3) is 6.31. The molecule has 1 N–H and O–H groups in total. The van der Waals surface area contributed by atoms with Gasteiger partial charge in [-0.25, -0.2) is 0 Å². The molecule has 2 rings (SSSR count). The average Bonchev–Trinajstić information content (AvgIpc) is 2.54. The van der Waals surface area contributed by atoms with E-state index < -0.39 is 5.97 Å². The van der Waals surface area contributed by atoms with Crippen molar-refractivity contribution in [3.05, 3.63) is 35.9 Å². The normalized spacial score (nSPS) is 18.5. The Balaban J connectivity index is 1.76. The second-order valence-electron chi connectivity index (χ2n) is 5.56. The lowest BCUT2D eigenvalue weighted by Crippen LogP contribution is -2.25. The highest BCUT2D eigenvalue weighted by Crippen LogP contribution is 2.18. The zero-order valence-corrected chi connectivity index (χ0v) is 12.9. The van der Waals surface area contributed by atoms with Gasteiger partial charge in [-0.05, 0) is 49.8 Å². The maximum atomic E-state index is 10.4. The van der Waals surface area contributed by atoms with Crippen LogP contribution < -0.4 is 4.74 Å². The molecular formula is C18H24O4. The monoisotopic (exact) mass is 304 g/mol. The maximum Gasteiger partial charge on any atom is 0.303 e. The second-order valence-corrected chi connectivity index (χ2v) is 5.56. The number of aliphatic carboxylic acids is 1. The first-order chi connectivity index (χ1) is 10.7. The van der Waals surface area contributed by atoms with Crippen molar-refractivity contribution in [2.75, 3.05) is 13.2 Å². The van der Waals surface area contributed by atoms with Gasteiger partial charge in [0.25, 0.3) is 0 Å². The van der Waals surface area contributed by atoms with Crippen LogP contribution in [0.25, 0.3) is 6.08 Å². The van der Waals surface area contributed by atoms with Crippen LogP contribution in [0.2, 0.25) is 0 Å². The molecule has 0 aromatic heterocycles. The zero-order valence-electron chi connectivity index (χ0n) is 12.9. The van der Waals surface area contributed by atoms with Crippen molar-refractivity contribution < 1.29 is 19.4 Å². The van der Waals surface area contributed by atoms with Crippen LogP contribution in [0, 0.1) is 0 Å². The average molecular weight is 304 g/mol. The molecular weight excluding hydrogens is 280 g/mol. The fourth-order valence-electron chi connectivity index (χ4n) is 2.43.